The number of amides is 3. The van der Waals surface area contributed by atoms with Gasteiger partial charge in [0.15, 0.2) is 18.1 Å². The first-order valence-corrected chi connectivity index (χ1v) is 19.5. The lowest BCUT2D eigenvalue weighted by Crippen LogP contribution is -2.71. The molecule has 59 heavy (non-hydrogen) atoms. The number of hydrogen-bond donors (Lipinski definition) is 4. The van der Waals surface area contributed by atoms with Crippen molar-refractivity contribution < 1.29 is 58.0 Å². The zero-order chi connectivity index (χ0) is 42.7. The van der Waals surface area contributed by atoms with Crippen LogP contribution in [0.2, 0.25) is 0 Å². The molecular weight excluding hydrogens is 817 g/mol. The Hall–Kier alpha value is -6.75. The Kier molecular flexibility index (Phi) is 12.3. The summed E-state index contributed by atoms with van der Waals surface area (Å²) in [5, 5.41) is 35.1. The number of hydrogen-bond acceptors (Lipinski definition) is 16. The van der Waals surface area contributed by atoms with Gasteiger partial charge in [0.1, 0.15) is 34.5 Å². The van der Waals surface area contributed by atoms with Gasteiger partial charge in [-0.1, -0.05) is 23.9 Å². The number of rotatable bonds is 15. The average Bonchev–Trinajstić information content (AvgIpc) is 3.61. The summed E-state index contributed by atoms with van der Waals surface area (Å²) in [4.78, 5) is 104. The van der Waals surface area contributed by atoms with Gasteiger partial charge >= 0.3 is 23.9 Å². The Bertz CT molecular complexity index is 2500. The van der Waals surface area contributed by atoms with E-state index in [0.29, 0.717) is 10.7 Å². The Balaban J connectivity index is 1.30. The van der Waals surface area contributed by atoms with Gasteiger partial charge in [-0.3, -0.25) is 33.7 Å². The number of aliphatic carboxylic acids is 2. The maximum absolute atomic E-state index is 14.1. The van der Waals surface area contributed by atoms with Gasteiger partial charge in [-0.25, -0.2) is 14.3 Å². The molecule has 4 N–H and O–H groups in total. The summed E-state index contributed by atoms with van der Waals surface area (Å²) in [6.45, 7) is 3.50. The number of aromatic nitrogens is 5. The second kappa shape index (κ2) is 17.4. The molecule has 2 aliphatic rings. The van der Waals surface area contributed by atoms with Gasteiger partial charge in [0.2, 0.25) is 16.5 Å². The van der Waals surface area contributed by atoms with Crippen molar-refractivity contribution in [3.63, 3.8) is 0 Å². The van der Waals surface area contributed by atoms with Gasteiger partial charge < -0.3 is 39.6 Å². The number of β-lactam (4-membered cyclic amide) rings is 1. The SMILES string of the molecule is CCn1cc(C(=O)NC(C(=O)N[C@@H]2C(=O)N3C(C(=O)O)=C(CSc4nnnn4C)CS[C@H]23)c2ccc(OCC(=O)O)cc2)c(=O)c2cc(OC(C)=O)c(OC(C)=O)cc21. The molecular formula is C36H34N8O13S2. The molecule has 2 aromatic heterocycles. The van der Waals surface area contributed by atoms with Gasteiger partial charge in [-0.2, -0.15) is 0 Å². The molecule has 308 valence electrons. The lowest BCUT2D eigenvalue weighted by Gasteiger charge is -2.49. The molecule has 0 radical (unpaired) electrons. The predicted molar refractivity (Wildman–Crippen MR) is 205 cm³/mol. The molecule has 21 nitrogen and oxygen atoms in total. The number of carbonyl (C=O) groups excluding carboxylic acids is 5. The highest BCUT2D eigenvalue weighted by Gasteiger charge is 2.54. The van der Waals surface area contributed by atoms with E-state index in [2.05, 4.69) is 26.2 Å². The molecule has 1 unspecified atom stereocenters. The molecule has 2 aliphatic heterocycles. The molecule has 0 aliphatic carbocycles. The summed E-state index contributed by atoms with van der Waals surface area (Å²) in [7, 11) is 1.62. The Morgan fingerprint density at radius 2 is 1.69 bits per heavy atom. The number of pyridine rings is 1. The van der Waals surface area contributed by atoms with Crippen LogP contribution in [0.5, 0.6) is 17.2 Å². The van der Waals surface area contributed by atoms with Crippen molar-refractivity contribution in [2.75, 3.05) is 18.1 Å². The number of fused-ring (bicyclic) bond motifs is 2. The van der Waals surface area contributed by atoms with E-state index in [9.17, 15) is 43.5 Å². The monoisotopic (exact) mass is 850 g/mol. The zero-order valence-corrected chi connectivity index (χ0v) is 33.1. The summed E-state index contributed by atoms with van der Waals surface area (Å²) in [5.41, 5.74) is -0.679. The van der Waals surface area contributed by atoms with Crippen molar-refractivity contribution in [2.24, 2.45) is 7.05 Å². The first-order valence-electron chi connectivity index (χ1n) is 17.5. The highest BCUT2D eigenvalue weighted by atomic mass is 32.2. The van der Waals surface area contributed by atoms with Crippen molar-refractivity contribution in [3.8, 4) is 17.2 Å². The largest absolute Gasteiger partial charge is 0.482 e. The van der Waals surface area contributed by atoms with Crippen LogP contribution < -0.4 is 30.3 Å². The van der Waals surface area contributed by atoms with Crippen LogP contribution in [0.25, 0.3) is 10.9 Å². The van der Waals surface area contributed by atoms with E-state index in [4.69, 9.17) is 19.3 Å². The summed E-state index contributed by atoms with van der Waals surface area (Å²) >= 11 is 2.41. The predicted octanol–water partition coefficient (Wildman–Crippen LogP) is 0.861. The van der Waals surface area contributed by atoms with Crippen LogP contribution in [0, 0.1) is 0 Å². The van der Waals surface area contributed by atoms with E-state index in [1.165, 1.54) is 69.3 Å². The van der Waals surface area contributed by atoms with Gasteiger partial charge in [0.05, 0.1) is 10.9 Å². The van der Waals surface area contributed by atoms with E-state index >= 15 is 0 Å². The molecule has 4 aromatic rings. The fourth-order valence-electron chi connectivity index (χ4n) is 6.23. The highest BCUT2D eigenvalue weighted by molar-refractivity contribution is 8.01. The van der Waals surface area contributed by atoms with Crippen LogP contribution in [-0.4, -0.2) is 111 Å². The number of aryl methyl sites for hydroxylation is 2. The number of ether oxygens (including phenoxy) is 3. The number of esters is 2. The molecule has 0 bridgehead atoms. The van der Waals surface area contributed by atoms with Crippen molar-refractivity contribution in [1.82, 2.24) is 40.3 Å². The second-order valence-electron chi connectivity index (χ2n) is 12.8. The molecule has 2 aromatic carbocycles. The summed E-state index contributed by atoms with van der Waals surface area (Å²) < 4.78 is 18.5. The quantitative estimate of drug-likeness (QED) is 0.0558. The minimum atomic E-state index is -1.57. The van der Waals surface area contributed by atoms with Gasteiger partial charge in [-0.05, 0) is 46.7 Å². The molecule has 3 amide bonds. The van der Waals surface area contributed by atoms with Crippen molar-refractivity contribution in [1.29, 1.82) is 0 Å². The summed E-state index contributed by atoms with van der Waals surface area (Å²) in [5.74, 6) is -6.61. The summed E-state index contributed by atoms with van der Waals surface area (Å²) in [6.07, 6.45) is 1.24. The van der Waals surface area contributed by atoms with Gasteiger partial charge in [0, 0.05) is 51.2 Å². The van der Waals surface area contributed by atoms with Crippen LogP contribution in [0.15, 0.2) is 63.8 Å². The third-order valence-electron chi connectivity index (χ3n) is 8.86. The smallest absolute Gasteiger partial charge is 0.352 e. The van der Waals surface area contributed by atoms with Crippen LogP contribution >= 0.6 is 23.5 Å². The Labute approximate surface area is 341 Å². The molecule has 1 fully saturated rings. The number of carboxylic acid groups (broad SMARTS) is 2. The van der Waals surface area contributed by atoms with Crippen LogP contribution in [-0.2, 0) is 42.4 Å². The Morgan fingerprint density at radius 3 is 2.29 bits per heavy atom. The van der Waals surface area contributed by atoms with E-state index < -0.39 is 76.7 Å². The molecule has 6 rings (SSSR count). The Morgan fingerprint density at radius 1 is 1.02 bits per heavy atom. The third-order valence-corrected chi connectivity index (χ3v) is 11.3. The van der Waals surface area contributed by atoms with Crippen LogP contribution in [0.1, 0.15) is 42.7 Å². The van der Waals surface area contributed by atoms with Crippen molar-refractivity contribution in [2.45, 2.75) is 49.9 Å². The highest BCUT2D eigenvalue weighted by Crippen LogP contribution is 2.42. The number of carboxylic acids is 2. The second-order valence-corrected chi connectivity index (χ2v) is 14.9. The number of benzene rings is 2. The van der Waals surface area contributed by atoms with E-state index in [1.54, 1.807) is 14.0 Å². The number of thioether (sulfide) groups is 2. The fourth-order valence-corrected chi connectivity index (χ4v) is 8.56. The zero-order valence-electron chi connectivity index (χ0n) is 31.5. The molecule has 4 heterocycles. The fraction of sp³-hybridized carbons (Fsp3) is 0.306. The molecule has 3 atom stereocenters. The first-order chi connectivity index (χ1) is 28.1. The number of carbonyl (C=O) groups is 7. The number of nitrogens with one attached hydrogen (secondary N) is 2. The van der Waals surface area contributed by atoms with E-state index in [-0.39, 0.29) is 57.5 Å². The maximum Gasteiger partial charge on any atom is 0.352 e. The van der Waals surface area contributed by atoms with E-state index in [0.717, 1.165) is 24.8 Å². The normalized spacial score (nSPS) is 16.4. The van der Waals surface area contributed by atoms with Gasteiger partial charge in [0.25, 0.3) is 11.8 Å². The van der Waals surface area contributed by atoms with E-state index in [1.807, 2.05) is 0 Å². The molecule has 23 heteroatoms. The average molecular weight is 851 g/mol. The topological polar surface area (TPSA) is 281 Å². The van der Waals surface area contributed by atoms with Crippen molar-refractivity contribution in [3.05, 3.63) is 75.2 Å². The third kappa shape index (κ3) is 8.89. The standard InChI is InChI=1S/C36H34N8O13S2/c1-5-43-12-22(30(49)21-10-24(56-16(2)45)25(11-23(21)43)57-17(3)46)31(50)37-27(18-6-8-20(9-7-18)55-13-26(47)48)32(51)38-28-33(52)44-29(35(53)54)19(14-58-34(28)44)15-59-36-39-40-41-42(36)4/h6-12,27-28,34H,5,13-15H2,1-4H3,(H,37,50)(H,38,51)(H,47,48)(H,53,54)/t27?,28-,34-/m1/s1. The lowest BCUT2D eigenvalue weighted by atomic mass is 10.0. The van der Waals surface area contributed by atoms with Crippen LogP contribution in [0.4, 0.5) is 0 Å². The lowest BCUT2D eigenvalue weighted by molar-refractivity contribution is -0.151. The number of nitrogens with zero attached hydrogens (tertiary/aromatic N) is 6. The van der Waals surface area contributed by atoms with Crippen LogP contribution in [0.3, 0.4) is 0 Å². The number of tetrazole rings is 1. The summed E-state index contributed by atoms with van der Waals surface area (Å²) in [6, 6.07) is 5.16. The first kappa shape index (κ1) is 41.9. The molecule has 0 spiro atoms. The minimum Gasteiger partial charge on any atom is -0.482 e. The molecule has 1 saturated heterocycles. The van der Waals surface area contributed by atoms with Crippen molar-refractivity contribution >= 4 is 76.0 Å². The minimum absolute atomic E-state index is 0.0876. The molecule has 0 saturated carbocycles. The van der Waals surface area contributed by atoms with Gasteiger partial charge in [-0.15, -0.1) is 16.9 Å². The maximum atomic E-state index is 14.1.